The first-order valence-electron chi connectivity index (χ1n) is 7.40. The molecule has 2 saturated heterocycles. The predicted octanol–water partition coefficient (Wildman–Crippen LogP) is 0.337. The number of amides is 1. The van der Waals surface area contributed by atoms with Gasteiger partial charge in [0, 0.05) is 32.1 Å². The van der Waals surface area contributed by atoms with Crippen LogP contribution < -0.4 is 0 Å². The van der Waals surface area contributed by atoms with Crippen LogP contribution in [0.5, 0.6) is 0 Å². The van der Waals surface area contributed by atoms with E-state index in [1.165, 1.54) is 4.68 Å². The number of likely N-dealkylation sites (tertiary alicyclic amines) is 1. The number of carbonyl (C=O) groups excluding carboxylic acids is 1. The van der Waals surface area contributed by atoms with Crippen LogP contribution in [0, 0.1) is 0 Å². The lowest BCUT2D eigenvalue weighted by atomic mass is 10.0. The van der Waals surface area contributed by atoms with E-state index in [2.05, 4.69) is 5.10 Å². The number of rotatable bonds is 4. The van der Waals surface area contributed by atoms with Gasteiger partial charge in [0.2, 0.25) is 0 Å². The zero-order chi connectivity index (χ0) is 15.6. The Morgan fingerprint density at radius 3 is 2.59 bits per heavy atom. The summed E-state index contributed by atoms with van der Waals surface area (Å²) in [5.74, 6) is -1.53. The molecule has 0 unspecified atom stereocenters. The van der Waals surface area contributed by atoms with Gasteiger partial charge in [-0.3, -0.25) is 14.3 Å². The van der Waals surface area contributed by atoms with Crippen molar-refractivity contribution in [1.82, 2.24) is 14.7 Å². The number of hydrogen-bond acceptors (Lipinski definition) is 5. The van der Waals surface area contributed by atoms with Crippen LogP contribution in [-0.2, 0) is 20.8 Å². The normalized spacial score (nSPS) is 20.5. The number of carboxylic acids is 1. The van der Waals surface area contributed by atoms with E-state index in [0.717, 1.165) is 0 Å². The van der Waals surface area contributed by atoms with Crippen LogP contribution in [0.15, 0.2) is 12.3 Å². The highest BCUT2D eigenvalue weighted by Crippen LogP contribution is 2.31. The molecule has 120 valence electrons. The van der Waals surface area contributed by atoms with Gasteiger partial charge >= 0.3 is 5.97 Å². The summed E-state index contributed by atoms with van der Waals surface area (Å²) < 4.78 is 12.8. The van der Waals surface area contributed by atoms with E-state index in [4.69, 9.17) is 14.6 Å². The van der Waals surface area contributed by atoms with Crippen LogP contribution in [-0.4, -0.2) is 63.8 Å². The number of aromatic nitrogens is 2. The molecule has 1 aromatic rings. The molecule has 0 saturated carbocycles. The minimum absolute atomic E-state index is 0.0176. The number of piperidine rings is 1. The van der Waals surface area contributed by atoms with Crippen LogP contribution in [0.4, 0.5) is 0 Å². The van der Waals surface area contributed by atoms with E-state index >= 15 is 0 Å². The molecule has 2 aliphatic rings. The lowest BCUT2D eigenvalue weighted by Gasteiger charge is -2.37. The third-order valence-electron chi connectivity index (χ3n) is 4.04. The zero-order valence-corrected chi connectivity index (χ0v) is 12.2. The molecule has 3 rings (SSSR count). The summed E-state index contributed by atoms with van der Waals surface area (Å²) in [7, 11) is 0. The van der Waals surface area contributed by atoms with E-state index in [-0.39, 0.29) is 18.9 Å². The summed E-state index contributed by atoms with van der Waals surface area (Å²) in [5.41, 5.74) is 0.342. The summed E-state index contributed by atoms with van der Waals surface area (Å²) in [4.78, 5) is 24.7. The van der Waals surface area contributed by atoms with E-state index < -0.39 is 11.8 Å². The average Bonchev–Trinajstić information content (AvgIpc) is 3.15. The Balaban J connectivity index is 1.57. The summed E-state index contributed by atoms with van der Waals surface area (Å²) in [5, 5.41) is 12.8. The Morgan fingerprint density at radius 2 is 1.95 bits per heavy atom. The molecule has 1 amide bonds. The van der Waals surface area contributed by atoms with Crippen molar-refractivity contribution in [3.63, 3.8) is 0 Å². The van der Waals surface area contributed by atoms with Crippen molar-refractivity contribution in [3.05, 3.63) is 18.0 Å². The fourth-order valence-electron chi connectivity index (χ4n) is 2.81. The van der Waals surface area contributed by atoms with Gasteiger partial charge in [-0.25, -0.2) is 0 Å². The molecule has 2 fully saturated rings. The molecule has 0 aromatic carbocycles. The Morgan fingerprint density at radius 1 is 1.27 bits per heavy atom. The molecule has 22 heavy (non-hydrogen) atoms. The quantitative estimate of drug-likeness (QED) is 0.862. The summed E-state index contributed by atoms with van der Waals surface area (Å²) in [6, 6.07) is 1.62. The van der Waals surface area contributed by atoms with Gasteiger partial charge in [-0.2, -0.15) is 5.10 Å². The Kier molecular flexibility index (Phi) is 4.12. The van der Waals surface area contributed by atoms with Crippen LogP contribution >= 0.6 is 0 Å². The smallest absolute Gasteiger partial charge is 0.305 e. The molecule has 2 aliphatic heterocycles. The summed E-state index contributed by atoms with van der Waals surface area (Å²) >= 11 is 0. The molecule has 1 aromatic heterocycles. The van der Waals surface area contributed by atoms with Crippen molar-refractivity contribution in [1.29, 1.82) is 0 Å². The second kappa shape index (κ2) is 6.05. The third kappa shape index (κ3) is 3.12. The molecule has 0 radical (unpaired) electrons. The van der Waals surface area contributed by atoms with Gasteiger partial charge in [0.05, 0.1) is 26.2 Å². The number of nitrogens with zero attached hydrogens (tertiary/aromatic N) is 3. The van der Waals surface area contributed by atoms with E-state index in [1.807, 2.05) is 0 Å². The lowest BCUT2D eigenvalue weighted by molar-refractivity contribution is -0.181. The van der Waals surface area contributed by atoms with Gasteiger partial charge in [0.15, 0.2) is 5.79 Å². The highest BCUT2D eigenvalue weighted by Gasteiger charge is 2.41. The molecule has 1 N–H and O–H groups in total. The molecule has 1 spiro atoms. The van der Waals surface area contributed by atoms with Gasteiger partial charge in [-0.1, -0.05) is 0 Å². The second-order valence-electron chi connectivity index (χ2n) is 5.51. The molecule has 0 bridgehead atoms. The van der Waals surface area contributed by atoms with Crippen LogP contribution in [0.1, 0.15) is 29.8 Å². The predicted molar refractivity (Wildman–Crippen MR) is 74.3 cm³/mol. The molecular formula is C14H19N3O5. The molecule has 8 heteroatoms. The van der Waals surface area contributed by atoms with Crippen molar-refractivity contribution in [2.45, 2.75) is 31.6 Å². The largest absolute Gasteiger partial charge is 0.481 e. The highest BCUT2D eigenvalue weighted by atomic mass is 16.7. The lowest BCUT2D eigenvalue weighted by Crippen LogP contribution is -2.47. The first kappa shape index (κ1) is 15.0. The van der Waals surface area contributed by atoms with Crippen molar-refractivity contribution in [2.75, 3.05) is 26.3 Å². The van der Waals surface area contributed by atoms with Crippen molar-refractivity contribution < 1.29 is 24.2 Å². The minimum atomic E-state index is -0.888. The topological polar surface area (TPSA) is 93.9 Å². The summed E-state index contributed by atoms with van der Waals surface area (Å²) in [6.45, 7) is 2.62. The Bertz CT molecular complexity index is 555. The zero-order valence-electron chi connectivity index (χ0n) is 12.2. The number of carboxylic acid groups (broad SMARTS) is 1. The Hall–Kier alpha value is -1.93. The standard InChI is InChI=1S/C14H19N3O5/c18-12(19)2-6-17-5-1-11(15-17)13(20)16-7-3-14(4-8-16)21-9-10-22-14/h1,5H,2-4,6-10H2,(H,18,19). The summed E-state index contributed by atoms with van der Waals surface area (Å²) in [6.07, 6.45) is 2.94. The average molecular weight is 309 g/mol. The van der Waals surface area contributed by atoms with Crippen molar-refractivity contribution in [2.24, 2.45) is 0 Å². The third-order valence-corrected chi connectivity index (χ3v) is 4.04. The molecule has 0 aliphatic carbocycles. The fraction of sp³-hybridized carbons (Fsp3) is 0.643. The minimum Gasteiger partial charge on any atom is -0.481 e. The van der Waals surface area contributed by atoms with Crippen LogP contribution in [0.3, 0.4) is 0 Å². The molecular weight excluding hydrogens is 290 g/mol. The maximum atomic E-state index is 12.4. The second-order valence-corrected chi connectivity index (χ2v) is 5.51. The fourth-order valence-corrected chi connectivity index (χ4v) is 2.81. The number of carbonyl (C=O) groups is 2. The number of aliphatic carboxylic acids is 1. The van der Waals surface area contributed by atoms with Gasteiger partial charge in [0.1, 0.15) is 5.69 Å². The van der Waals surface area contributed by atoms with Gasteiger partial charge in [-0.05, 0) is 6.07 Å². The van der Waals surface area contributed by atoms with Gasteiger partial charge < -0.3 is 19.5 Å². The number of hydrogen-bond donors (Lipinski definition) is 1. The van der Waals surface area contributed by atoms with Crippen LogP contribution in [0.2, 0.25) is 0 Å². The number of ether oxygens (including phenoxy) is 2. The van der Waals surface area contributed by atoms with Gasteiger partial charge in [0.25, 0.3) is 5.91 Å². The molecule has 8 nitrogen and oxygen atoms in total. The monoisotopic (exact) mass is 309 g/mol. The number of aryl methyl sites for hydroxylation is 1. The van der Waals surface area contributed by atoms with Crippen molar-refractivity contribution >= 4 is 11.9 Å². The molecule has 3 heterocycles. The SMILES string of the molecule is O=C(O)CCn1ccc(C(=O)N2CCC3(CC2)OCCO3)n1. The highest BCUT2D eigenvalue weighted by molar-refractivity contribution is 5.92. The van der Waals surface area contributed by atoms with E-state index in [1.54, 1.807) is 17.2 Å². The molecule has 0 atom stereocenters. The van der Waals surface area contributed by atoms with Gasteiger partial charge in [-0.15, -0.1) is 0 Å². The Labute approximate surface area is 127 Å². The maximum Gasteiger partial charge on any atom is 0.305 e. The first-order valence-corrected chi connectivity index (χ1v) is 7.40. The first-order chi connectivity index (χ1) is 10.6. The van der Waals surface area contributed by atoms with Crippen LogP contribution in [0.25, 0.3) is 0 Å². The van der Waals surface area contributed by atoms with E-state index in [0.29, 0.717) is 44.8 Å². The van der Waals surface area contributed by atoms with E-state index in [9.17, 15) is 9.59 Å². The van der Waals surface area contributed by atoms with Crippen molar-refractivity contribution in [3.8, 4) is 0 Å². The maximum absolute atomic E-state index is 12.4.